The van der Waals surface area contributed by atoms with Crippen LogP contribution >= 0.6 is 0 Å². The van der Waals surface area contributed by atoms with Gasteiger partial charge in [0.25, 0.3) is 0 Å². The van der Waals surface area contributed by atoms with Crippen molar-refractivity contribution in [3.8, 4) is 5.75 Å². The van der Waals surface area contributed by atoms with E-state index in [1.165, 1.54) is 12.1 Å². The predicted molar refractivity (Wildman–Crippen MR) is 52.4 cm³/mol. The molecule has 0 aliphatic carbocycles. The molecule has 5 heteroatoms. The molecule has 0 unspecified atom stereocenters. The van der Waals surface area contributed by atoms with E-state index in [4.69, 9.17) is 0 Å². The van der Waals surface area contributed by atoms with Crippen molar-refractivity contribution in [3.05, 3.63) is 29.8 Å². The first kappa shape index (κ1) is 12.5. The van der Waals surface area contributed by atoms with Gasteiger partial charge in [-0.15, -0.1) is 13.2 Å². The number of hydrogen-bond donors (Lipinski definition) is 0. The summed E-state index contributed by atoms with van der Waals surface area (Å²) in [7, 11) is 0. The third kappa shape index (κ3) is 3.92. The van der Waals surface area contributed by atoms with Crippen molar-refractivity contribution in [2.45, 2.75) is 26.1 Å². The summed E-state index contributed by atoms with van der Waals surface area (Å²) in [4.78, 5) is 11.4. The second kappa shape index (κ2) is 5.01. The maximum absolute atomic E-state index is 11.8. The smallest absolute Gasteiger partial charge is 0.406 e. The van der Waals surface area contributed by atoms with Crippen LogP contribution in [0.3, 0.4) is 0 Å². The Kier molecular flexibility index (Phi) is 3.93. The lowest BCUT2D eigenvalue weighted by Crippen LogP contribution is -2.17. The Bertz CT molecular complexity index is 354. The maximum Gasteiger partial charge on any atom is 0.573 e. The third-order valence-corrected chi connectivity index (χ3v) is 1.89. The Morgan fingerprint density at radius 2 is 1.81 bits per heavy atom. The number of alkyl halides is 3. The maximum atomic E-state index is 11.8. The zero-order valence-electron chi connectivity index (χ0n) is 8.67. The zero-order valence-corrected chi connectivity index (χ0v) is 8.67. The number of ketones is 1. The van der Waals surface area contributed by atoms with Crippen molar-refractivity contribution < 1.29 is 22.7 Å². The number of halogens is 3. The quantitative estimate of drug-likeness (QED) is 0.742. The average Bonchev–Trinajstić information content (AvgIpc) is 2.16. The molecule has 0 radical (unpaired) electrons. The van der Waals surface area contributed by atoms with Crippen molar-refractivity contribution in [1.82, 2.24) is 0 Å². The van der Waals surface area contributed by atoms with Crippen molar-refractivity contribution in [2.75, 3.05) is 0 Å². The minimum atomic E-state index is -4.70. The van der Waals surface area contributed by atoms with Crippen LogP contribution in [0.2, 0.25) is 0 Å². The molecule has 0 aliphatic heterocycles. The number of rotatable bonds is 4. The highest BCUT2D eigenvalue weighted by atomic mass is 19.4. The molecule has 1 aromatic rings. The van der Waals surface area contributed by atoms with Gasteiger partial charge in [-0.05, 0) is 30.7 Å². The molecule has 0 spiro atoms. The van der Waals surface area contributed by atoms with E-state index in [1.54, 1.807) is 0 Å². The SMILES string of the molecule is CCCC(=O)c1ccc(OC(F)(F)F)cc1. The van der Waals surface area contributed by atoms with Crippen LogP contribution in [0.15, 0.2) is 24.3 Å². The van der Waals surface area contributed by atoms with Crippen LogP contribution in [0.4, 0.5) is 13.2 Å². The van der Waals surface area contributed by atoms with Gasteiger partial charge in [0.2, 0.25) is 0 Å². The molecule has 0 heterocycles. The van der Waals surface area contributed by atoms with Gasteiger partial charge in [-0.1, -0.05) is 6.92 Å². The van der Waals surface area contributed by atoms with Crippen LogP contribution in [0, 0.1) is 0 Å². The molecule has 0 aromatic heterocycles. The summed E-state index contributed by atoms with van der Waals surface area (Å²) in [5, 5.41) is 0. The third-order valence-electron chi connectivity index (χ3n) is 1.89. The number of hydrogen-bond acceptors (Lipinski definition) is 2. The first-order valence-corrected chi connectivity index (χ1v) is 4.81. The molecule has 0 N–H and O–H groups in total. The minimum Gasteiger partial charge on any atom is -0.406 e. The summed E-state index contributed by atoms with van der Waals surface area (Å²) in [6.07, 6.45) is -3.60. The molecule has 88 valence electrons. The zero-order chi connectivity index (χ0) is 12.2. The van der Waals surface area contributed by atoms with Gasteiger partial charge in [0.05, 0.1) is 0 Å². The molecule has 0 aliphatic rings. The fraction of sp³-hybridized carbons (Fsp3) is 0.364. The summed E-state index contributed by atoms with van der Waals surface area (Å²) in [6.45, 7) is 1.86. The van der Waals surface area contributed by atoms with E-state index in [0.29, 0.717) is 18.4 Å². The van der Waals surface area contributed by atoms with E-state index >= 15 is 0 Å². The predicted octanol–water partition coefficient (Wildman–Crippen LogP) is 3.57. The lowest BCUT2D eigenvalue weighted by atomic mass is 10.1. The van der Waals surface area contributed by atoms with E-state index in [-0.39, 0.29) is 11.5 Å². The average molecular weight is 232 g/mol. The van der Waals surface area contributed by atoms with Crippen molar-refractivity contribution in [1.29, 1.82) is 0 Å². The van der Waals surface area contributed by atoms with Gasteiger partial charge in [0.1, 0.15) is 5.75 Å². The molecule has 0 bridgehead atoms. The first-order chi connectivity index (χ1) is 7.42. The van der Waals surface area contributed by atoms with Gasteiger partial charge < -0.3 is 4.74 Å². The van der Waals surface area contributed by atoms with Gasteiger partial charge in [-0.3, -0.25) is 4.79 Å². The molecule has 0 saturated carbocycles. The molecule has 0 saturated heterocycles. The van der Waals surface area contributed by atoms with Crippen molar-refractivity contribution >= 4 is 5.78 Å². The highest BCUT2D eigenvalue weighted by Gasteiger charge is 2.30. The number of Topliss-reactive ketones (excluding diaryl/α,β-unsaturated/α-hetero) is 1. The van der Waals surface area contributed by atoms with Crippen LogP contribution in [0.25, 0.3) is 0 Å². The van der Waals surface area contributed by atoms with Crippen molar-refractivity contribution in [2.24, 2.45) is 0 Å². The van der Waals surface area contributed by atoms with E-state index in [1.807, 2.05) is 6.92 Å². The molecule has 0 atom stereocenters. The van der Waals surface area contributed by atoms with E-state index < -0.39 is 6.36 Å². The second-order valence-electron chi connectivity index (χ2n) is 3.25. The summed E-state index contributed by atoms with van der Waals surface area (Å²) < 4.78 is 39.2. The molecule has 0 amide bonds. The van der Waals surface area contributed by atoms with Crippen molar-refractivity contribution in [3.63, 3.8) is 0 Å². The van der Waals surface area contributed by atoms with Crippen LogP contribution in [0.5, 0.6) is 5.75 Å². The lowest BCUT2D eigenvalue weighted by molar-refractivity contribution is -0.274. The summed E-state index contributed by atoms with van der Waals surface area (Å²) in [6, 6.07) is 4.94. The van der Waals surface area contributed by atoms with Crippen LogP contribution in [0.1, 0.15) is 30.1 Å². The van der Waals surface area contributed by atoms with Crippen LogP contribution < -0.4 is 4.74 Å². The number of carbonyl (C=O) groups is 1. The fourth-order valence-electron chi connectivity index (χ4n) is 1.21. The standard InChI is InChI=1S/C11H11F3O2/c1-2-3-10(15)8-4-6-9(7-5-8)16-11(12,13)14/h4-7H,2-3H2,1H3. The molecular formula is C11H11F3O2. The van der Waals surface area contributed by atoms with Crippen LogP contribution in [-0.4, -0.2) is 12.1 Å². The largest absolute Gasteiger partial charge is 0.573 e. The Hall–Kier alpha value is -1.52. The Morgan fingerprint density at radius 3 is 2.25 bits per heavy atom. The topological polar surface area (TPSA) is 26.3 Å². The van der Waals surface area contributed by atoms with Gasteiger partial charge in [0.15, 0.2) is 5.78 Å². The number of ether oxygens (including phenoxy) is 1. The van der Waals surface area contributed by atoms with Gasteiger partial charge in [0, 0.05) is 12.0 Å². The highest BCUT2D eigenvalue weighted by Crippen LogP contribution is 2.23. The van der Waals surface area contributed by atoms with Gasteiger partial charge in [-0.25, -0.2) is 0 Å². The molecule has 0 fully saturated rings. The second-order valence-corrected chi connectivity index (χ2v) is 3.25. The Balaban J connectivity index is 2.72. The van der Waals surface area contributed by atoms with Crippen LogP contribution in [-0.2, 0) is 0 Å². The van der Waals surface area contributed by atoms with E-state index in [2.05, 4.69) is 4.74 Å². The van der Waals surface area contributed by atoms with Gasteiger partial charge >= 0.3 is 6.36 Å². The first-order valence-electron chi connectivity index (χ1n) is 4.81. The molecule has 1 aromatic carbocycles. The molecular weight excluding hydrogens is 221 g/mol. The molecule has 16 heavy (non-hydrogen) atoms. The summed E-state index contributed by atoms with van der Waals surface area (Å²) in [5.74, 6) is -0.401. The lowest BCUT2D eigenvalue weighted by Gasteiger charge is -2.08. The molecule has 2 nitrogen and oxygen atoms in total. The summed E-state index contributed by atoms with van der Waals surface area (Å²) in [5.41, 5.74) is 0.399. The van der Waals surface area contributed by atoms with Gasteiger partial charge in [-0.2, -0.15) is 0 Å². The Labute approximate surface area is 91.0 Å². The Morgan fingerprint density at radius 1 is 1.25 bits per heavy atom. The monoisotopic (exact) mass is 232 g/mol. The number of carbonyl (C=O) groups excluding carboxylic acids is 1. The molecule has 1 rings (SSSR count). The van der Waals surface area contributed by atoms with E-state index in [9.17, 15) is 18.0 Å². The summed E-state index contributed by atoms with van der Waals surface area (Å²) >= 11 is 0. The number of benzene rings is 1. The minimum absolute atomic E-state index is 0.0824. The van der Waals surface area contributed by atoms with E-state index in [0.717, 1.165) is 12.1 Å². The fourth-order valence-corrected chi connectivity index (χ4v) is 1.21. The normalized spacial score (nSPS) is 11.2. The highest BCUT2D eigenvalue weighted by molar-refractivity contribution is 5.96.